The molecule has 1 amide bonds. The molecular weight excluding hydrogens is 304 g/mol. The van der Waals surface area contributed by atoms with Gasteiger partial charge in [-0.05, 0) is 28.9 Å². The van der Waals surface area contributed by atoms with Crippen LogP contribution in [0.2, 0.25) is 0 Å². The van der Waals surface area contributed by atoms with Gasteiger partial charge in [-0.15, -0.1) is 0 Å². The first-order valence-corrected chi connectivity index (χ1v) is 6.06. The van der Waals surface area contributed by atoms with Crippen LogP contribution in [0.5, 0.6) is 0 Å². The maximum atomic E-state index is 12.1. The zero-order valence-corrected chi connectivity index (χ0v) is 11.2. The molecule has 6 nitrogen and oxygen atoms in total. The van der Waals surface area contributed by atoms with E-state index in [4.69, 9.17) is 0 Å². The highest BCUT2D eigenvalue weighted by Gasteiger charge is 2.40. The molecule has 1 fully saturated rings. The van der Waals surface area contributed by atoms with E-state index in [1.54, 1.807) is 6.92 Å². The highest BCUT2D eigenvalue weighted by atomic mass is 79.9. The normalized spacial score (nSPS) is 17.2. The Balaban J connectivity index is 2.27. The number of benzene rings is 1. The van der Waals surface area contributed by atoms with Crippen molar-refractivity contribution in [1.29, 1.82) is 0 Å². The summed E-state index contributed by atoms with van der Waals surface area (Å²) in [6, 6.07) is 4.31. The second kappa shape index (κ2) is 4.33. The zero-order chi connectivity index (χ0) is 13.5. The predicted octanol–water partition coefficient (Wildman–Crippen LogP) is 1.56. The number of nitro benzene ring substituents is 1. The topological polar surface area (TPSA) is 83.7 Å². The molecule has 0 aliphatic carbocycles. The van der Waals surface area contributed by atoms with Crippen molar-refractivity contribution < 1.29 is 14.8 Å². The minimum Gasteiger partial charge on any atom is -0.386 e. The molecule has 18 heavy (non-hydrogen) atoms. The zero-order valence-electron chi connectivity index (χ0n) is 9.59. The van der Waals surface area contributed by atoms with Crippen molar-refractivity contribution >= 4 is 27.5 Å². The van der Waals surface area contributed by atoms with Crippen molar-refractivity contribution in [2.24, 2.45) is 0 Å². The second-order valence-electron chi connectivity index (χ2n) is 4.55. The van der Waals surface area contributed by atoms with E-state index in [2.05, 4.69) is 15.9 Å². The van der Waals surface area contributed by atoms with E-state index in [0.29, 0.717) is 0 Å². The van der Waals surface area contributed by atoms with Crippen molar-refractivity contribution in [2.45, 2.75) is 12.5 Å². The highest BCUT2D eigenvalue weighted by molar-refractivity contribution is 9.10. The quantitative estimate of drug-likeness (QED) is 0.663. The lowest BCUT2D eigenvalue weighted by molar-refractivity contribution is -0.385. The number of nitro groups is 1. The van der Waals surface area contributed by atoms with Crippen molar-refractivity contribution in [2.75, 3.05) is 13.1 Å². The van der Waals surface area contributed by atoms with Crippen LogP contribution < -0.4 is 0 Å². The number of likely N-dealkylation sites (tertiary alicyclic amines) is 1. The molecule has 1 saturated heterocycles. The molecule has 1 aliphatic rings. The Hall–Kier alpha value is -1.47. The molecule has 0 radical (unpaired) electrons. The van der Waals surface area contributed by atoms with Crippen molar-refractivity contribution in [3.63, 3.8) is 0 Å². The number of carbonyl (C=O) groups excluding carboxylic acids is 1. The predicted molar refractivity (Wildman–Crippen MR) is 67.3 cm³/mol. The summed E-state index contributed by atoms with van der Waals surface area (Å²) in [4.78, 5) is 23.7. The average molecular weight is 315 g/mol. The summed E-state index contributed by atoms with van der Waals surface area (Å²) in [6.45, 7) is 2.11. The minimum atomic E-state index is -0.858. The summed E-state index contributed by atoms with van der Waals surface area (Å²) in [7, 11) is 0. The van der Waals surface area contributed by atoms with E-state index in [1.165, 1.54) is 23.1 Å². The molecule has 0 saturated carbocycles. The molecule has 1 aliphatic heterocycles. The van der Waals surface area contributed by atoms with Gasteiger partial charge in [-0.25, -0.2) is 0 Å². The van der Waals surface area contributed by atoms with Crippen LogP contribution in [0.15, 0.2) is 22.7 Å². The van der Waals surface area contributed by atoms with Gasteiger partial charge in [-0.1, -0.05) is 6.07 Å². The third-order valence-corrected chi connectivity index (χ3v) is 3.59. The number of aliphatic hydroxyl groups is 1. The molecule has 0 aromatic heterocycles. The van der Waals surface area contributed by atoms with Crippen molar-refractivity contribution in [1.82, 2.24) is 4.90 Å². The number of hydrogen-bond donors (Lipinski definition) is 1. The fourth-order valence-corrected chi connectivity index (χ4v) is 2.49. The SMILES string of the molecule is CC1(O)CN(C(=O)c2cccc([N+](=O)[O-])c2Br)C1. The van der Waals surface area contributed by atoms with Crippen LogP contribution in [0.1, 0.15) is 17.3 Å². The Morgan fingerprint density at radius 1 is 1.56 bits per heavy atom. The van der Waals surface area contributed by atoms with Gasteiger partial charge >= 0.3 is 0 Å². The molecular formula is C11H11BrN2O4. The maximum Gasteiger partial charge on any atom is 0.284 e. The van der Waals surface area contributed by atoms with E-state index >= 15 is 0 Å². The van der Waals surface area contributed by atoms with Gasteiger partial charge in [0.25, 0.3) is 11.6 Å². The van der Waals surface area contributed by atoms with Crippen LogP contribution in [0.3, 0.4) is 0 Å². The molecule has 0 spiro atoms. The number of halogens is 1. The Morgan fingerprint density at radius 2 is 2.17 bits per heavy atom. The molecule has 96 valence electrons. The van der Waals surface area contributed by atoms with Gasteiger partial charge in [-0.2, -0.15) is 0 Å². The molecule has 0 unspecified atom stereocenters. The van der Waals surface area contributed by atoms with Crippen molar-refractivity contribution in [3.8, 4) is 0 Å². The Morgan fingerprint density at radius 3 is 2.67 bits per heavy atom. The fourth-order valence-electron chi connectivity index (χ4n) is 1.92. The molecule has 1 aromatic rings. The number of carbonyl (C=O) groups is 1. The first-order valence-electron chi connectivity index (χ1n) is 5.26. The monoisotopic (exact) mass is 314 g/mol. The van der Waals surface area contributed by atoms with Gasteiger partial charge in [0.2, 0.25) is 0 Å². The van der Waals surface area contributed by atoms with Gasteiger partial charge in [0.05, 0.1) is 29.2 Å². The smallest absolute Gasteiger partial charge is 0.284 e. The molecule has 0 atom stereocenters. The fraction of sp³-hybridized carbons (Fsp3) is 0.364. The Bertz CT molecular complexity index is 522. The summed E-state index contributed by atoms with van der Waals surface area (Å²) in [6.07, 6.45) is 0. The van der Waals surface area contributed by atoms with Crippen LogP contribution in [0.25, 0.3) is 0 Å². The largest absolute Gasteiger partial charge is 0.386 e. The summed E-state index contributed by atoms with van der Waals surface area (Å²) < 4.78 is 0.173. The van der Waals surface area contributed by atoms with Gasteiger partial charge < -0.3 is 10.0 Å². The van der Waals surface area contributed by atoms with E-state index in [9.17, 15) is 20.0 Å². The third kappa shape index (κ3) is 2.23. The highest BCUT2D eigenvalue weighted by Crippen LogP contribution is 2.31. The number of hydrogen-bond acceptors (Lipinski definition) is 4. The molecule has 7 heteroatoms. The molecule has 1 heterocycles. The number of nitrogens with zero attached hydrogens (tertiary/aromatic N) is 2. The minimum absolute atomic E-state index is 0.145. The van der Waals surface area contributed by atoms with Gasteiger partial charge in [0.1, 0.15) is 4.47 Å². The standard InChI is InChI=1S/C11H11BrN2O4/c1-11(16)5-13(6-11)10(15)7-3-2-4-8(9(7)12)14(17)18/h2-4,16H,5-6H2,1H3. The molecule has 1 aromatic carbocycles. The Kier molecular flexibility index (Phi) is 3.12. The number of amides is 1. The van der Waals surface area contributed by atoms with Gasteiger partial charge in [-0.3, -0.25) is 14.9 Å². The maximum absolute atomic E-state index is 12.1. The first kappa shape index (κ1) is 13.0. The molecule has 0 bridgehead atoms. The van der Waals surface area contributed by atoms with Crippen LogP contribution in [0, 0.1) is 10.1 Å². The summed E-state index contributed by atoms with van der Waals surface area (Å²) in [5.74, 6) is -0.322. The van der Waals surface area contributed by atoms with E-state index in [-0.39, 0.29) is 34.7 Å². The third-order valence-electron chi connectivity index (χ3n) is 2.76. The molecule has 2 rings (SSSR count). The van der Waals surface area contributed by atoms with Crippen molar-refractivity contribution in [3.05, 3.63) is 38.3 Å². The van der Waals surface area contributed by atoms with Crippen LogP contribution in [-0.2, 0) is 0 Å². The van der Waals surface area contributed by atoms with E-state index < -0.39 is 10.5 Å². The van der Waals surface area contributed by atoms with Crippen LogP contribution in [-0.4, -0.2) is 39.5 Å². The summed E-state index contributed by atoms with van der Waals surface area (Å²) >= 11 is 3.08. The Labute approximate surface area is 111 Å². The van der Waals surface area contributed by atoms with E-state index in [1.807, 2.05) is 0 Å². The lowest BCUT2D eigenvalue weighted by atomic mass is 9.96. The molecule has 1 N–H and O–H groups in total. The van der Waals surface area contributed by atoms with Gasteiger partial charge in [0.15, 0.2) is 0 Å². The van der Waals surface area contributed by atoms with Crippen LogP contribution in [0.4, 0.5) is 5.69 Å². The van der Waals surface area contributed by atoms with Crippen LogP contribution >= 0.6 is 15.9 Å². The first-order chi connectivity index (χ1) is 8.32. The lowest BCUT2D eigenvalue weighted by Gasteiger charge is -2.44. The summed E-state index contributed by atoms with van der Waals surface area (Å²) in [5, 5.41) is 20.3. The van der Waals surface area contributed by atoms with E-state index in [0.717, 1.165) is 0 Å². The summed E-state index contributed by atoms with van der Waals surface area (Å²) in [5.41, 5.74) is -0.768. The lowest BCUT2D eigenvalue weighted by Crippen LogP contribution is -2.61. The van der Waals surface area contributed by atoms with Gasteiger partial charge in [0, 0.05) is 6.07 Å². The number of rotatable bonds is 2. The second-order valence-corrected chi connectivity index (χ2v) is 5.35. The average Bonchev–Trinajstić information content (AvgIpc) is 2.24. The number of β-amino-alcohol motifs (C(OH)–C–C–N with tert-alkyl or cyclic N) is 1.